The summed E-state index contributed by atoms with van der Waals surface area (Å²) in [4.78, 5) is 9.18. The third-order valence-electron chi connectivity index (χ3n) is 5.48. The second kappa shape index (κ2) is 8.35. The third kappa shape index (κ3) is 4.04. The Bertz CT molecular complexity index is 1110. The van der Waals surface area contributed by atoms with Crippen LogP contribution in [0.3, 0.4) is 0 Å². The van der Waals surface area contributed by atoms with Crippen molar-refractivity contribution in [1.29, 1.82) is 0 Å². The highest BCUT2D eigenvalue weighted by atomic mass is 35.5. The molecule has 2 aromatic carbocycles. The predicted molar refractivity (Wildman–Crippen MR) is 115 cm³/mol. The first-order valence-electron chi connectivity index (χ1n) is 9.82. The molecule has 29 heavy (non-hydrogen) atoms. The smallest absolute Gasteiger partial charge is 0.230 e. The number of para-hydroxylation sites is 2. The average molecular weight is 410 g/mol. The summed E-state index contributed by atoms with van der Waals surface area (Å²) in [6.07, 6.45) is 3.97. The highest BCUT2D eigenvalue weighted by Gasteiger charge is 2.25. The van der Waals surface area contributed by atoms with Gasteiger partial charge in [-0.2, -0.15) is 4.98 Å². The Kier molecular flexibility index (Phi) is 5.65. The highest BCUT2D eigenvalue weighted by molar-refractivity contribution is 5.85. The largest absolute Gasteiger partial charge is 0.339 e. The third-order valence-corrected chi connectivity index (χ3v) is 5.48. The molecule has 0 unspecified atom stereocenters. The lowest BCUT2D eigenvalue weighted by atomic mass is 9.93. The lowest BCUT2D eigenvalue weighted by Crippen LogP contribution is -2.34. The molecule has 0 aliphatic carbocycles. The van der Waals surface area contributed by atoms with E-state index in [1.165, 1.54) is 5.56 Å². The van der Waals surface area contributed by atoms with Crippen molar-refractivity contribution in [3.8, 4) is 11.4 Å². The molecule has 4 aromatic rings. The molecule has 1 N–H and O–H groups in total. The number of halogens is 1. The Balaban J connectivity index is 0.00000205. The average Bonchev–Trinajstić information content (AvgIpc) is 3.36. The monoisotopic (exact) mass is 409 g/mol. The Hall–Kier alpha value is -2.70. The van der Waals surface area contributed by atoms with Crippen LogP contribution in [0.25, 0.3) is 22.4 Å². The van der Waals surface area contributed by atoms with E-state index in [9.17, 15) is 0 Å². The van der Waals surface area contributed by atoms with E-state index in [0.29, 0.717) is 17.8 Å². The Morgan fingerprint density at radius 1 is 1.17 bits per heavy atom. The van der Waals surface area contributed by atoms with Gasteiger partial charge in [0.05, 0.1) is 17.4 Å². The molecule has 7 heteroatoms. The number of hydrogen-bond acceptors (Lipinski definition) is 5. The zero-order valence-electron chi connectivity index (χ0n) is 16.3. The van der Waals surface area contributed by atoms with Gasteiger partial charge in [-0.1, -0.05) is 35.5 Å². The van der Waals surface area contributed by atoms with Gasteiger partial charge < -0.3 is 14.4 Å². The zero-order valence-corrected chi connectivity index (χ0v) is 17.1. The van der Waals surface area contributed by atoms with Crippen LogP contribution in [0.15, 0.2) is 59.4 Å². The number of fused-ring (bicyclic) bond motifs is 1. The molecule has 1 saturated heterocycles. The first-order chi connectivity index (χ1) is 13.8. The van der Waals surface area contributed by atoms with E-state index in [2.05, 4.69) is 45.1 Å². The minimum Gasteiger partial charge on any atom is -0.339 e. The maximum absolute atomic E-state index is 5.61. The second-order valence-corrected chi connectivity index (χ2v) is 7.59. The standard InChI is InChI=1S/C22H23N5O.ClH/c1-15-11-18(9-10-23-15)22-25-21(26-28-22)17-6-4-5-16(12-17)13-27-14-24-19-7-2-3-8-20(19)27;/h2-8,12,14-15,18,23H,9-11,13H2,1H3;1H/t15-,18-;/m0./s1. The maximum atomic E-state index is 5.61. The summed E-state index contributed by atoms with van der Waals surface area (Å²) in [7, 11) is 0. The van der Waals surface area contributed by atoms with E-state index in [-0.39, 0.29) is 12.4 Å². The van der Waals surface area contributed by atoms with E-state index in [0.717, 1.165) is 48.4 Å². The molecular weight excluding hydrogens is 386 g/mol. The van der Waals surface area contributed by atoms with E-state index in [1.54, 1.807) is 0 Å². The number of hydrogen-bond donors (Lipinski definition) is 1. The summed E-state index contributed by atoms with van der Waals surface area (Å²) >= 11 is 0. The molecule has 2 aromatic heterocycles. The number of nitrogens with one attached hydrogen (secondary N) is 1. The van der Waals surface area contributed by atoms with Crippen LogP contribution in [0.1, 0.15) is 37.1 Å². The lowest BCUT2D eigenvalue weighted by molar-refractivity contribution is 0.295. The van der Waals surface area contributed by atoms with Crippen molar-refractivity contribution in [2.45, 2.75) is 38.3 Å². The van der Waals surface area contributed by atoms with E-state index >= 15 is 0 Å². The van der Waals surface area contributed by atoms with Gasteiger partial charge in [0.15, 0.2) is 0 Å². The van der Waals surface area contributed by atoms with Crippen LogP contribution in [-0.4, -0.2) is 32.3 Å². The van der Waals surface area contributed by atoms with Gasteiger partial charge in [-0.3, -0.25) is 0 Å². The van der Waals surface area contributed by atoms with Crippen molar-refractivity contribution in [3.05, 3.63) is 66.3 Å². The van der Waals surface area contributed by atoms with E-state index < -0.39 is 0 Å². The quantitative estimate of drug-likeness (QED) is 0.540. The first kappa shape index (κ1) is 19.6. The summed E-state index contributed by atoms with van der Waals surface area (Å²) in [5.41, 5.74) is 4.31. The Morgan fingerprint density at radius 2 is 2.07 bits per heavy atom. The van der Waals surface area contributed by atoms with Gasteiger partial charge in [-0.05, 0) is 50.1 Å². The fourth-order valence-electron chi connectivity index (χ4n) is 4.02. The molecule has 0 radical (unpaired) electrons. The lowest BCUT2D eigenvalue weighted by Gasteiger charge is -2.25. The van der Waals surface area contributed by atoms with Crippen LogP contribution in [0, 0.1) is 0 Å². The van der Waals surface area contributed by atoms with E-state index in [1.807, 2.05) is 36.7 Å². The van der Waals surface area contributed by atoms with Crippen molar-refractivity contribution >= 4 is 23.4 Å². The van der Waals surface area contributed by atoms with E-state index in [4.69, 9.17) is 9.51 Å². The summed E-state index contributed by atoms with van der Waals surface area (Å²) in [5.74, 6) is 1.77. The number of imidazole rings is 1. The number of nitrogens with zero attached hydrogens (tertiary/aromatic N) is 4. The van der Waals surface area contributed by atoms with Crippen LogP contribution in [0.5, 0.6) is 0 Å². The van der Waals surface area contributed by atoms with Crippen LogP contribution in [0.2, 0.25) is 0 Å². The molecule has 2 atom stereocenters. The van der Waals surface area contributed by atoms with Gasteiger partial charge in [0.25, 0.3) is 0 Å². The highest BCUT2D eigenvalue weighted by Crippen LogP contribution is 2.28. The van der Waals surface area contributed by atoms with Crippen molar-refractivity contribution in [2.24, 2.45) is 0 Å². The maximum Gasteiger partial charge on any atom is 0.230 e. The van der Waals surface area contributed by atoms with Crippen LogP contribution in [-0.2, 0) is 6.54 Å². The summed E-state index contributed by atoms with van der Waals surface area (Å²) in [6, 6.07) is 17.0. The van der Waals surface area contributed by atoms with Crippen LogP contribution in [0.4, 0.5) is 0 Å². The number of benzene rings is 2. The summed E-state index contributed by atoms with van der Waals surface area (Å²) in [5, 5.41) is 7.71. The molecule has 150 valence electrons. The van der Waals surface area contributed by atoms with Gasteiger partial charge in [0.2, 0.25) is 11.7 Å². The summed E-state index contributed by atoms with van der Waals surface area (Å²) in [6.45, 7) is 3.95. The van der Waals surface area contributed by atoms with Crippen LogP contribution >= 0.6 is 12.4 Å². The molecule has 0 spiro atoms. The van der Waals surface area contributed by atoms with Crippen molar-refractivity contribution < 1.29 is 4.52 Å². The summed E-state index contributed by atoms with van der Waals surface area (Å²) < 4.78 is 7.77. The molecule has 0 amide bonds. The first-order valence-corrected chi connectivity index (χ1v) is 9.82. The topological polar surface area (TPSA) is 68.8 Å². The normalized spacial score (nSPS) is 19.2. The number of aromatic nitrogens is 4. The number of piperidine rings is 1. The van der Waals surface area contributed by atoms with Gasteiger partial charge in [0.1, 0.15) is 0 Å². The van der Waals surface area contributed by atoms with Gasteiger partial charge in [-0.15, -0.1) is 12.4 Å². The van der Waals surface area contributed by atoms with Gasteiger partial charge >= 0.3 is 0 Å². The Morgan fingerprint density at radius 3 is 2.97 bits per heavy atom. The zero-order chi connectivity index (χ0) is 18.9. The molecule has 0 saturated carbocycles. The van der Waals surface area contributed by atoms with Crippen molar-refractivity contribution in [2.75, 3.05) is 6.54 Å². The fourth-order valence-corrected chi connectivity index (χ4v) is 4.02. The molecule has 0 bridgehead atoms. The molecule has 1 aliphatic rings. The predicted octanol–water partition coefficient (Wildman–Crippen LogP) is 4.41. The SMILES string of the molecule is C[C@H]1C[C@@H](c2nc(-c3cccc(Cn4cnc5ccccc54)c3)no2)CCN1.Cl. The fraction of sp³-hybridized carbons (Fsp3) is 0.318. The Labute approximate surface area is 175 Å². The molecule has 5 rings (SSSR count). The van der Waals surface area contributed by atoms with Crippen molar-refractivity contribution in [1.82, 2.24) is 25.0 Å². The molecule has 6 nitrogen and oxygen atoms in total. The molecule has 1 aliphatic heterocycles. The minimum absolute atomic E-state index is 0. The van der Waals surface area contributed by atoms with Gasteiger partial charge in [-0.25, -0.2) is 4.98 Å². The van der Waals surface area contributed by atoms with Gasteiger partial charge in [0, 0.05) is 24.1 Å². The molecule has 1 fully saturated rings. The van der Waals surface area contributed by atoms with Crippen molar-refractivity contribution in [3.63, 3.8) is 0 Å². The molecule has 3 heterocycles. The minimum atomic E-state index is 0. The molecular formula is C22H24ClN5O. The van der Waals surface area contributed by atoms with Crippen LogP contribution < -0.4 is 5.32 Å². The number of rotatable bonds is 4. The second-order valence-electron chi connectivity index (χ2n) is 7.59.